The number of halogens is 4. The highest BCUT2D eigenvalue weighted by Gasteiger charge is 2.37. The molecule has 1 aliphatic carbocycles. The number of nitrogens with one attached hydrogen (secondary N) is 2. The Morgan fingerprint density at radius 3 is 2.58 bits per heavy atom. The normalized spacial score (nSPS) is 14.3. The fraction of sp³-hybridized carbons (Fsp3) is 0.412. The van der Waals surface area contributed by atoms with Crippen molar-refractivity contribution in [2.24, 2.45) is 0 Å². The molecule has 9 heteroatoms. The maximum absolute atomic E-state index is 12.8. The molecule has 0 aliphatic heterocycles. The van der Waals surface area contributed by atoms with Crippen LogP contribution >= 0.6 is 11.6 Å². The van der Waals surface area contributed by atoms with Gasteiger partial charge in [-0.2, -0.15) is 18.3 Å². The SMILES string of the molecule is O=C(NCCCn1nc(C(F)(F)F)cc1C1CC1)Nc1ccc(Cl)cc1. The molecular weight excluding hydrogens is 369 g/mol. The number of rotatable bonds is 6. The average Bonchev–Trinajstić information content (AvgIpc) is 3.32. The van der Waals surface area contributed by atoms with E-state index < -0.39 is 11.9 Å². The highest BCUT2D eigenvalue weighted by Crippen LogP contribution is 2.42. The van der Waals surface area contributed by atoms with Crippen molar-refractivity contribution >= 4 is 23.3 Å². The molecule has 3 rings (SSSR count). The molecule has 0 saturated heterocycles. The zero-order valence-corrected chi connectivity index (χ0v) is 14.6. The molecule has 1 aromatic heterocycles. The smallest absolute Gasteiger partial charge is 0.338 e. The van der Waals surface area contributed by atoms with Gasteiger partial charge in [-0.15, -0.1) is 0 Å². The number of nitrogens with zero attached hydrogens (tertiary/aromatic N) is 2. The summed E-state index contributed by atoms with van der Waals surface area (Å²) in [5.41, 5.74) is 0.376. The van der Waals surface area contributed by atoms with Crippen molar-refractivity contribution in [2.45, 2.75) is 37.9 Å². The van der Waals surface area contributed by atoms with E-state index in [4.69, 9.17) is 11.6 Å². The van der Waals surface area contributed by atoms with Crippen LogP contribution < -0.4 is 10.6 Å². The Kier molecular flexibility index (Phi) is 5.41. The first-order valence-corrected chi connectivity index (χ1v) is 8.66. The summed E-state index contributed by atoms with van der Waals surface area (Å²) in [7, 11) is 0. The summed E-state index contributed by atoms with van der Waals surface area (Å²) in [6, 6.07) is 7.42. The molecule has 5 nitrogen and oxygen atoms in total. The molecule has 0 atom stereocenters. The van der Waals surface area contributed by atoms with E-state index >= 15 is 0 Å². The summed E-state index contributed by atoms with van der Waals surface area (Å²) in [6.45, 7) is 0.647. The lowest BCUT2D eigenvalue weighted by molar-refractivity contribution is -0.141. The summed E-state index contributed by atoms with van der Waals surface area (Å²) in [6.07, 6.45) is -2.17. The molecule has 0 spiro atoms. The van der Waals surface area contributed by atoms with E-state index in [0.29, 0.717) is 35.9 Å². The monoisotopic (exact) mass is 386 g/mol. The quantitative estimate of drug-likeness (QED) is 0.710. The van der Waals surface area contributed by atoms with Crippen LogP contribution in [0.1, 0.15) is 36.6 Å². The van der Waals surface area contributed by atoms with Gasteiger partial charge in [-0.05, 0) is 49.6 Å². The van der Waals surface area contributed by atoms with Crippen molar-refractivity contribution in [1.82, 2.24) is 15.1 Å². The summed E-state index contributed by atoms with van der Waals surface area (Å²) in [5, 5.41) is 9.58. The molecule has 1 fully saturated rings. The van der Waals surface area contributed by atoms with Crippen LogP contribution in [0.15, 0.2) is 30.3 Å². The molecule has 0 bridgehead atoms. The Bertz CT molecular complexity index is 769. The van der Waals surface area contributed by atoms with Gasteiger partial charge in [-0.1, -0.05) is 11.6 Å². The number of alkyl halides is 3. The van der Waals surface area contributed by atoms with Crippen LogP contribution in [0.2, 0.25) is 5.02 Å². The predicted octanol–water partition coefficient (Wildman–Crippen LogP) is 4.64. The molecule has 0 unspecified atom stereocenters. The lowest BCUT2D eigenvalue weighted by Crippen LogP contribution is -2.30. The minimum atomic E-state index is -4.44. The van der Waals surface area contributed by atoms with E-state index in [1.165, 1.54) is 4.68 Å². The second-order valence-corrected chi connectivity index (χ2v) is 6.63. The first-order valence-electron chi connectivity index (χ1n) is 8.28. The fourth-order valence-corrected chi connectivity index (χ4v) is 2.72. The van der Waals surface area contributed by atoms with Crippen molar-refractivity contribution < 1.29 is 18.0 Å². The molecule has 26 heavy (non-hydrogen) atoms. The topological polar surface area (TPSA) is 59.0 Å². The predicted molar refractivity (Wildman–Crippen MR) is 92.3 cm³/mol. The lowest BCUT2D eigenvalue weighted by Gasteiger charge is -2.09. The number of urea groups is 1. The van der Waals surface area contributed by atoms with Crippen molar-refractivity contribution in [3.63, 3.8) is 0 Å². The van der Waals surface area contributed by atoms with Gasteiger partial charge in [0.2, 0.25) is 0 Å². The van der Waals surface area contributed by atoms with Gasteiger partial charge < -0.3 is 10.6 Å². The van der Waals surface area contributed by atoms with Gasteiger partial charge in [0.05, 0.1) is 0 Å². The summed E-state index contributed by atoms with van der Waals surface area (Å²) in [4.78, 5) is 11.8. The third-order valence-electron chi connectivity index (χ3n) is 4.03. The number of carbonyl (C=O) groups is 1. The number of anilines is 1. The largest absolute Gasteiger partial charge is 0.435 e. The van der Waals surface area contributed by atoms with Crippen molar-refractivity contribution in [1.29, 1.82) is 0 Å². The van der Waals surface area contributed by atoms with Gasteiger partial charge >= 0.3 is 12.2 Å². The number of aryl methyl sites for hydroxylation is 1. The van der Waals surface area contributed by atoms with Crippen molar-refractivity contribution in [2.75, 3.05) is 11.9 Å². The number of aromatic nitrogens is 2. The first kappa shape index (κ1) is 18.6. The molecule has 2 amide bonds. The summed E-state index contributed by atoms with van der Waals surface area (Å²) in [5.74, 6) is 0.166. The van der Waals surface area contributed by atoms with E-state index in [2.05, 4.69) is 15.7 Å². The molecule has 1 saturated carbocycles. The minimum absolute atomic E-state index is 0.166. The first-order chi connectivity index (χ1) is 12.3. The minimum Gasteiger partial charge on any atom is -0.338 e. The Labute approximate surface area is 153 Å². The third-order valence-corrected chi connectivity index (χ3v) is 4.28. The highest BCUT2D eigenvalue weighted by atomic mass is 35.5. The van der Waals surface area contributed by atoms with Crippen LogP contribution in [0.5, 0.6) is 0 Å². The second-order valence-electron chi connectivity index (χ2n) is 6.19. The molecule has 2 aromatic rings. The second kappa shape index (κ2) is 7.57. The number of hydrogen-bond acceptors (Lipinski definition) is 2. The summed E-state index contributed by atoms with van der Waals surface area (Å²) >= 11 is 5.77. The van der Waals surface area contributed by atoms with Crippen LogP contribution in [0.4, 0.5) is 23.7 Å². The van der Waals surface area contributed by atoms with E-state index in [-0.39, 0.29) is 11.9 Å². The number of amides is 2. The van der Waals surface area contributed by atoms with Crippen LogP contribution in [0, 0.1) is 0 Å². The molecule has 140 valence electrons. The van der Waals surface area contributed by atoms with E-state index in [0.717, 1.165) is 18.9 Å². The van der Waals surface area contributed by atoms with Crippen LogP contribution in [-0.4, -0.2) is 22.4 Å². The Morgan fingerprint density at radius 2 is 1.96 bits per heavy atom. The number of hydrogen-bond donors (Lipinski definition) is 2. The van der Waals surface area contributed by atoms with Gasteiger partial charge in [0.1, 0.15) is 0 Å². The third kappa shape index (κ3) is 4.91. The fourth-order valence-electron chi connectivity index (χ4n) is 2.60. The van der Waals surface area contributed by atoms with Crippen molar-refractivity contribution in [3.05, 3.63) is 46.7 Å². The number of benzene rings is 1. The van der Waals surface area contributed by atoms with Crippen LogP contribution in [0.25, 0.3) is 0 Å². The van der Waals surface area contributed by atoms with Crippen LogP contribution in [-0.2, 0) is 12.7 Å². The van der Waals surface area contributed by atoms with Gasteiger partial charge in [0.15, 0.2) is 5.69 Å². The van der Waals surface area contributed by atoms with Crippen molar-refractivity contribution in [3.8, 4) is 0 Å². The van der Waals surface area contributed by atoms with Crippen LogP contribution in [0.3, 0.4) is 0 Å². The Balaban J connectivity index is 1.48. The number of carbonyl (C=O) groups excluding carboxylic acids is 1. The Morgan fingerprint density at radius 1 is 1.27 bits per heavy atom. The van der Waals surface area contributed by atoms with E-state index in [1.807, 2.05) is 0 Å². The van der Waals surface area contributed by atoms with Gasteiger partial charge in [-0.25, -0.2) is 4.79 Å². The van der Waals surface area contributed by atoms with E-state index in [1.54, 1.807) is 24.3 Å². The van der Waals surface area contributed by atoms with Gasteiger partial charge in [0, 0.05) is 35.4 Å². The standard InChI is InChI=1S/C17H18ClF3N4O/c18-12-4-6-13(7-5-12)23-16(26)22-8-1-9-25-14(11-2-3-11)10-15(24-25)17(19,20)21/h4-7,10-11H,1-3,8-9H2,(H2,22,23,26). The Hall–Kier alpha value is -2.22. The molecular formula is C17H18ClF3N4O. The van der Waals surface area contributed by atoms with Gasteiger partial charge in [0.25, 0.3) is 0 Å². The highest BCUT2D eigenvalue weighted by molar-refractivity contribution is 6.30. The maximum atomic E-state index is 12.8. The van der Waals surface area contributed by atoms with E-state index in [9.17, 15) is 18.0 Å². The average molecular weight is 387 g/mol. The molecule has 0 radical (unpaired) electrons. The summed E-state index contributed by atoms with van der Waals surface area (Å²) < 4.78 is 39.9. The maximum Gasteiger partial charge on any atom is 0.435 e. The molecule has 2 N–H and O–H groups in total. The van der Waals surface area contributed by atoms with Gasteiger partial charge in [-0.3, -0.25) is 4.68 Å². The molecule has 1 aliphatic rings. The molecule has 1 aromatic carbocycles. The zero-order valence-electron chi connectivity index (χ0n) is 13.8. The lowest BCUT2D eigenvalue weighted by atomic mass is 10.2. The zero-order chi connectivity index (χ0) is 18.7. The molecule has 1 heterocycles.